The van der Waals surface area contributed by atoms with Gasteiger partial charge in [0.15, 0.2) is 0 Å². The van der Waals surface area contributed by atoms with Crippen LogP contribution in [0.1, 0.15) is 16.8 Å². The largest absolute Gasteiger partial charge is 0.246 e. The van der Waals surface area contributed by atoms with E-state index in [-0.39, 0.29) is 0 Å². The number of halogens is 1. The van der Waals surface area contributed by atoms with Crippen LogP contribution in [0.25, 0.3) is 0 Å². The zero-order valence-corrected chi connectivity index (χ0v) is 12.5. The molecule has 2 aromatic rings. The zero-order valence-electron chi connectivity index (χ0n) is 10.1. The molecule has 0 saturated heterocycles. The maximum Gasteiger partial charge on any atom is 0.101 e. The zero-order chi connectivity index (χ0) is 13.1. The van der Waals surface area contributed by atoms with Crippen molar-refractivity contribution in [3.05, 3.63) is 51.6 Å². The molecule has 0 amide bonds. The highest BCUT2D eigenvalue weighted by molar-refractivity contribution is 9.10. The lowest BCUT2D eigenvalue weighted by Gasteiger charge is -2.05. The first kappa shape index (κ1) is 13.1. The van der Waals surface area contributed by atoms with Crippen molar-refractivity contribution in [3.63, 3.8) is 0 Å². The van der Waals surface area contributed by atoms with E-state index < -0.39 is 0 Å². The molecule has 1 heterocycles. The molecule has 0 aliphatic carbocycles. The minimum atomic E-state index is 0.662. The van der Waals surface area contributed by atoms with Gasteiger partial charge in [-0.2, -0.15) is 5.26 Å². The molecule has 0 aliphatic rings. The first-order chi connectivity index (χ1) is 8.58. The van der Waals surface area contributed by atoms with E-state index in [1.807, 2.05) is 44.2 Å². The number of aryl methyl sites for hydroxylation is 2. The van der Waals surface area contributed by atoms with Gasteiger partial charge in [-0.3, -0.25) is 0 Å². The second kappa shape index (κ2) is 5.55. The lowest BCUT2D eigenvalue weighted by Crippen LogP contribution is -1.88. The predicted molar refractivity (Wildman–Crippen MR) is 76.7 cm³/mol. The Morgan fingerprint density at radius 2 is 2.00 bits per heavy atom. The maximum atomic E-state index is 9.13. The van der Waals surface area contributed by atoms with Crippen molar-refractivity contribution in [1.29, 1.82) is 5.26 Å². The lowest BCUT2D eigenvalue weighted by molar-refractivity contribution is 1.05. The molecule has 18 heavy (non-hydrogen) atoms. The van der Waals surface area contributed by atoms with Crippen LogP contribution in [0.15, 0.2) is 44.7 Å². The molecular weight excluding hydrogens is 308 g/mol. The maximum absolute atomic E-state index is 9.13. The van der Waals surface area contributed by atoms with Crippen LogP contribution in [0.5, 0.6) is 0 Å². The van der Waals surface area contributed by atoms with E-state index in [2.05, 4.69) is 27.0 Å². The van der Waals surface area contributed by atoms with Gasteiger partial charge < -0.3 is 0 Å². The van der Waals surface area contributed by atoms with Gasteiger partial charge in [-0.1, -0.05) is 27.7 Å². The first-order valence-corrected chi connectivity index (χ1v) is 7.02. The summed E-state index contributed by atoms with van der Waals surface area (Å²) in [5.41, 5.74) is 2.84. The smallest absolute Gasteiger partial charge is 0.101 e. The molecule has 0 aliphatic heterocycles. The Kier molecular flexibility index (Phi) is 4.05. The fourth-order valence-corrected chi connectivity index (χ4v) is 3.02. The van der Waals surface area contributed by atoms with Gasteiger partial charge in [0.05, 0.1) is 5.56 Å². The summed E-state index contributed by atoms with van der Waals surface area (Å²) in [5, 5.41) is 10.0. The predicted octanol–water partition coefficient (Wildman–Crippen LogP) is 4.48. The Hall–Kier alpha value is -1.31. The Bertz CT molecular complexity index is 612. The van der Waals surface area contributed by atoms with E-state index in [4.69, 9.17) is 5.26 Å². The fourth-order valence-electron chi connectivity index (χ4n) is 1.65. The highest BCUT2D eigenvalue weighted by Gasteiger charge is 2.06. The van der Waals surface area contributed by atoms with Gasteiger partial charge >= 0.3 is 0 Å². The molecule has 90 valence electrons. The quantitative estimate of drug-likeness (QED) is 0.818. The first-order valence-electron chi connectivity index (χ1n) is 5.41. The van der Waals surface area contributed by atoms with Crippen LogP contribution < -0.4 is 0 Å². The molecule has 2 nitrogen and oxygen atoms in total. The van der Waals surface area contributed by atoms with Gasteiger partial charge in [-0.25, -0.2) is 4.98 Å². The minimum absolute atomic E-state index is 0.662. The summed E-state index contributed by atoms with van der Waals surface area (Å²) in [7, 11) is 0. The van der Waals surface area contributed by atoms with E-state index in [0.717, 1.165) is 20.1 Å². The Labute approximate surface area is 119 Å². The minimum Gasteiger partial charge on any atom is -0.246 e. The van der Waals surface area contributed by atoms with Crippen LogP contribution in [0.2, 0.25) is 0 Å². The van der Waals surface area contributed by atoms with Crippen LogP contribution >= 0.6 is 27.7 Å². The molecule has 1 aromatic heterocycles. The summed E-state index contributed by atoms with van der Waals surface area (Å²) >= 11 is 4.89. The third kappa shape index (κ3) is 3.12. The third-order valence-electron chi connectivity index (χ3n) is 2.35. The molecule has 0 unspecified atom stereocenters. The topological polar surface area (TPSA) is 36.7 Å². The van der Waals surface area contributed by atoms with Crippen LogP contribution in [-0.2, 0) is 0 Å². The van der Waals surface area contributed by atoms with Crippen LogP contribution in [0.3, 0.4) is 0 Å². The van der Waals surface area contributed by atoms with Crippen molar-refractivity contribution >= 4 is 27.7 Å². The van der Waals surface area contributed by atoms with E-state index in [0.29, 0.717) is 5.56 Å². The van der Waals surface area contributed by atoms with Crippen molar-refractivity contribution in [2.45, 2.75) is 23.8 Å². The molecule has 0 N–H and O–H groups in total. The lowest BCUT2D eigenvalue weighted by atomic mass is 10.2. The van der Waals surface area contributed by atoms with Gasteiger partial charge in [0.2, 0.25) is 0 Å². The van der Waals surface area contributed by atoms with E-state index in [1.54, 1.807) is 0 Å². The van der Waals surface area contributed by atoms with Gasteiger partial charge in [0, 0.05) is 15.1 Å². The number of hydrogen-bond donors (Lipinski definition) is 0. The van der Waals surface area contributed by atoms with Gasteiger partial charge in [0.25, 0.3) is 0 Å². The molecule has 0 radical (unpaired) electrons. The van der Waals surface area contributed by atoms with Crippen LogP contribution in [0.4, 0.5) is 0 Å². The molecular formula is C14H11BrN2S. The molecule has 2 rings (SSSR count). The van der Waals surface area contributed by atoms with Gasteiger partial charge in [-0.15, -0.1) is 0 Å². The second-order valence-corrected chi connectivity index (χ2v) is 5.96. The number of aromatic nitrogens is 1. The number of benzene rings is 1. The standard InChI is InChI=1S/C14H11BrN2S/c1-9-5-10(2)17-14(6-9)18-13-4-3-12(15)7-11(13)8-16/h3-7H,1-2H3. The fraction of sp³-hybridized carbons (Fsp3) is 0.143. The number of nitrogens with zero attached hydrogens (tertiary/aromatic N) is 2. The van der Waals surface area contributed by atoms with E-state index in [1.165, 1.54) is 17.3 Å². The van der Waals surface area contributed by atoms with Crippen molar-refractivity contribution in [2.75, 3.05) is 0 Å². The van der Waals surface area contributed by atoms with E-state index >= 15 is 0 Å². The van der Waals surface area contributed by atoms with Crippen molar-refractivity contribution in [3.8, 4) is 6.07 Å². The monoisotopic (exact) mass is 318 g/mol. The van der Waals surface area contributed by atoms with Crippen molar-refractivity contribution < 1.29 is 0 Å². The summed E-state index contributed by atoms with van der Waals surface area (Å²) in [6.07, 6.45) is 0. The molecule has 0 fully saturated rings. The average molecular weight is 319 g/mol. The highest BCUT2D eigenvalue weighted by Crippen LogP contribution is 2.31. The summed E-state index contributed by atoms with van der Waals surface area (Å²) in [6, 6.07) is 12.0. The van der Waals surface area contributed by atoms with Crippen molar-refractivity contribution in [2.24, 2.45) is 0 Å². The molecule has 4 heteroatoms. The molecule has 0 saturated carbocycles. The van der Waals surface area contributed by atoms with Crippen LogP contribution in [0, 0.1) is 25.2 Å². The average Bonchev–Trinajstić information content (AvgIpc) is 2.30. The Morgan fingerprint density at radius 3 is 2.67 bits per heavy atom. The number of pyridine rings is 1. The summed E-state index contributed by atoms with van der Waals surface area (Å²) in [4.78, 5) is 5.40. The van der Waals surface area contributed by atoms with Gasteiger partial charge in [-0.05, 0) is 49.7 Å². The second-order valence-electron chi connectivity index (χ2n) is 3.98. The summed E-state index contributed by atoms with van der Waals surface area (Å²) in [6.45, 7) is 4.02. The summed E-state index contributed by atoms with van der Waals surface area (Å²) < 4.78 is 0.914. The third-order valence-corrected chi connectivity index (χ3v) is 3.84. The number of rotatable bonds is 2. The van der Waals surface area contributed by atoms with E-state index in [9.17, 15) is 0 Å². The highest BCUT2D eigenvalue weighted by atomic mass is 79.9. The Morgan fingerprint density at radius 1 is 1.22 bits per heavy atom. The molecule has 1 aromatic carbocycles. The normalized spacial score (nSPS) is 10.1. The number of nitriles is 1. The van der Waals surface area contributed by atoms with Gasteiger partial charge in [0.1, 0.15) is 11.1 Å². The van der Waals surface area contributed by atoms with Crippen LogP contribution in [-0.4, -0.2) is 4.98 Å². The molecule has 0 atom stereocenters. The summed E-state index contributed by atoms with van der Waals surface area (Å²) in [5.74, 6) is 0. The molecule has 0 bridgehead atoms. The Balaban J connectivity index is 2.37. The molecule has 0 spiro atoms. The number of hydrogen-bond acceptors (Lipinski definition) is 3. The van der Waals surface area contributed by atoms with Crippen molar-refractivity contribution in [1.82, 2.24) is 4.98 Å². The SMILES string of the molecule is Cc1cc(C)nc(Sc2ccc(Br)cc2C#N)c1.